The van der Waals surface area contributed by atoms with E-state index in [0.717, 1.165) is 21.9 Å². The largest absolute Gasteiger partial charge is 0.301 e. The molecule has 1 aliphatic carbocycles. The van der Waals surface area contributed by atoms with Crippen LogP contribution in [0.4, 0.5) is 11.4 Å². The lowest BCUT2D eigenvalue weighted by atomic mass is 9.55. The van der Waals surface area contributed by atoms with Crippen LogP contribution >= 0.6 is 11.8 Å². The average Bonchev–Trinajstić information content (AvgIpc) is 3.68. The molecule has 3 saturated heterocycles. The van der Waals surface area contributed by atoms with Crippen LogP contribution in [0.3, 0.4) is 0 Å². The predicted octanol–water partition coefficient (Wildman–Crippen LogP) is 5.80. The molecule has 230 valence electrons. The molecule has 0 bridgehead atoms. The van der Waals surface area contributed by atoms with E-state index in [1.807, 2.05) is 43.4 Å². The van der Waals surface area contributed by atoms with Gasteiger partial charge in [0.25, 0.3) is 11.4 Å². The number of non-ortho nitro benzene ring substituents is 2. The van der Waals surface area contributed by atoms with Crippen molar-refractivity contribution in [1.82, 2.24) is 9.80 Å². The number of Topliss-reactive ketones (excluding diaryl/α,β-unsaturated/α-hetero) is 2. The van der Waals surface area contributed by atoms with Gasteiger partial charge in [-0.1, -0.05) is 48.5 Å². The minimum atomic E-state index is -1.31. The summed E-state index contributed by atoms with van der Waals surface area (Å²) < 4.78 is 0. The van der Waals surface area contributed by atoms with Crippen molar-refractivity contribution in [2.45, 2.75) is 17.5 Å². The van der Waals surface area contributed by atoms with Crippen LogP contribution in [0.1, 0.15) is 33.0 Å². The molecule has 4 atom stereocenters. The standard InChI is InChI=1S/C35H28N4O6S/c1-36-17-24(16-21-8-12-25(13-9-21)38(42)43)32(40)34(19-36)31(23-10-14-26(15-11-23)39(44)45)29-18-46-20-37(29)35(34)28-7-3-5-22-4-2-6-27(30(22)28)33(35)41/h2-16,29,31H,17-20H2,1H3/b24-16+/t29-,31-,34?,35-/m0/s1. The number of carbonyl (C=O) groups excluding carboxylic acids is 2. The molecule has 46 heavy (non-hydrogen) atoms. The average molecular weight is 633 g/mol. The maximum Gasteiger partial charge on any atom is 0.269 e. The maximum absolute atomic E-state index is 15.5. The van der Waals surface area contributed by atoms with E-state index in [-0.39, 0.29) is 29.0 Å². The predicted molar refractivity (Wildman–Crippen MR) is 175 cm³/mol. The fraction of sp³-hybridized carbons (Fsp3) is 0.257. The second kappa shape index (κ2) is 10.1. The zero-order valence-electron chi connectivity index (χ0n) is 24.8. The summed E-state index contributed by atoms with van der Waals surface area (Å²) in [5.74, 6) is 0.583. The number of hydrogen-bond donors (Lipinski definition) is 0. The van der Waals surface area contributed by atoms with Crippen molar-refractivity contribution in [2.24, 2.45) is 5.41 Å². The summed E-state index contributed by atoms with van der Waals surface area (Å²) in [4.78, 5) is 57.1. The van der Waals surface area contributed by atoms with E-state index in [2.05, 4.69) is 9.80 Å². The highest BCUT2D eigenvalue weighted by Gasteiger charge is 2.78. The Kier molecular flexibility index (Phi) is 6.34. The number of carbonyl (C=O) groups is 2. The minimum Gasteiger partial charge on any atom is -0.301 e. The number of piperidine rings is 1. The van der Waals surface area contributed by atoms with Crippen molar-refractivity contribution in [3.63, 3.8) is 0 Å². The molecule has 4 aliphatic rings. The van der Waals surface area contributed by atoms with E-state index in [1.165, 1.54) is 24.3 Å². The third-order valence-corrected chi connectivity index (χ3v) is 11.4. The smallest absolute Gasteiger partial charge is 0.269 e. The highest BCUT2D eigenvalue weighted by molar-refractivity contribution is 7.99. The van der Waals surface area contributed by atoms with Crippen molar-refractivity contribution in [3.05, 3.63) is 133 Å². The second-order valence-electron chi connectivity index (χ2n) is 12.6. The highest BCUT2D eigenvalue weighted by Crippen LogP contribution is 2.69. The number of nitrogens with zero attached hydrogens (tertiary/aromatic N) is 4. The number of thioether (sulfide) groups is 1. The van der Waals surface area contributed by atoms with Crippen LogP contribution in [-0.4, -0.2) is 69.0 Å². The lowest BCUT2D eigenvalue weighted by Crippen LogP contribution is -2.65. The van der Waals surface area contributed by atoms with E-state index < -0.39 is 26.7 Å². The number of rotatable bonds is 4. The van der Waals surface area contributed by atoms with Gasteiger partial charge < -0.3 is 4.90 Å². The van der Waals surface area contributed by atoms with E-state index >= 15 is 9.59 Å². The van der Waals surface area contributed by atoms with Crippen molar-refractivity contribution < 1.29 is 19.4 Å². The molecule has 8 rings (SSSR count). The van der Waals surface area contributed by atoms with Gasteiger partial charge in [-0.05, 0) is 52.7 Å². The number of benzene rings is 4. The van der Waals surface area contributed by atoms with Gasteiger partial charge in [0.1, 0.15) is 5.54 Å². The summed E-state index contributed by atoms with van der Waals surface area (Å²) in [6.45, 7) is 0.643. The number of nitro benzene ring substituents is 2. The normalized spacial score (nSPS) is 28.2. The van der Waals surface area contributed by atoms with Gasteiger partial charge in [0.2, 0.25) is 0 Å². The van der Waals surface area contributed by atoms with E-state index in [9.17, 15) is 20.2 Å². The molecule has 4 aromatic carbocycles. The molecule has 1 unspecified atom stereocenters. The van der Waals surface area contributed by atoms with E-state index in [0.29, 0.717) is 41.4 Å². The fourth-order valence-corrected chi connectivity index (χ4v) is 10.1. The van der Waals surface area contributed by atoms with Gasteiger partial charge >= 0.3 is 0 Å². The zero-order chi connectivity index (χ0) is 32.0. The zero-order valence-corrected chi connectivity index (χ0v) is 25.6. The van der Waals surface area contributed by atoms with Crippen molar-refractivity contribution >= 4 is 51.6 Å². The van der Waals surface area contributed by atoms with Crippen molar-refractivity contribution in [2.75, 3.05) is 31.8 Å². The number of ketones is 2. The van der Waals surface area contributed by atoms with Gasteiger partial charge in [0.15, 0.2) is 11.6 Å². The molecule has 0 saturated carbocycles. The van der Waals surface area contributed by atoms with E-state index in [4.69, 9.17) is 0 Å². The SMILES string of the molecule is CN1C/C(=C\c2ccc([N+](=O)[O-])cc2)C(=O)C2(C1)[C@@H](c1ccc([N+](=O)[O-])cc1)[C@@H]1CSCN1[C@@]21C(=O)c2cccc3cccc1c23. The first-order valence-electron chi connectivity index (χ1n) is 15.0. The Labute approximate surface area is 268 Å². The number of hydrogen-bond acceptors (Lipinski definition) is 9. The Bertz CT molecular complexity index is 2020. The topological polar surface area (TPSA) is 127 Å². The van der Waals surface area contributed by atoms with Gasteiger partial charge in [-0.3, -0.25) is 34.7 Å². The molecule has 0 N–H and O–H groups in total. The second-order valence-corrected chi connectivity index (χ2v) is 13.6. The lowest BCUT2D eigenvalue weighted by molar-refractivity contribution is -0.385. The number of likely N-dealkylation sites (tertiary alicyclic amines) is 1. The molecule has 0 aromatic heterocycles. The van der Waals surface area contributed by atoms with E-state index in [1.54, 1.807) is 42.1 Å². The molecule has 0 amide bonds. The van der Waals surface area contributed by atoms with Crippen molar-refractivity contribution in [1.29, 1.82) is 0 Å². The Morgan fingerprint density at radius 2 is 1.52 bits per heavy atom. The number of likely N-dealkylation sites (N-methyl/N-ethyl adjacent to an activating group) is 1. The van der Waals surface area contributed by atoms with Crippen LogP contribution in [0.5, 0.6) is 0 Å². The summed E-state index contributed by atoms with van der Waals surface area (Å²) in [6.07, 6.45) is 1.79. The minimum absolute atomic E-state index is 0.0388. The van der Waals surface area contributed by atoms with Crippen LogP contribution in [0.25, 0.3) is 16.8 Å². The summed E-state index contributed by atoms with van der Waals surface area (Å²) in [5.41, 5.74) is 0.721. The van der Waals surface area contributed by atoms with Crippen LogP contribution in [0.2, 0.25) is 0 Å². The third kappa shape index (κ3) is 3.67. The molecule has 11 heteroatoms. The molecule has 3 heterocycles. The molecular formula is C35H28N4O6S. The Hall–Kier alpha value is -4.71. The lowest BCUT2D eigenvalue weighted by Gasteiger charge is -2.51. The summed E-state index contributed by atoms with van der Waals surface area (Å²) in [6, 6.07) is 24.1. The monoisotopic (exact) mass is 632 g/mol. The molecular weight excluding hydrogens is 604 g/mol. The van der Waals surface area contributed by atoms with Gasteiger partial charge in [-0.15, -0.1) is 11.8 Å². The summed E-state index contributed by atoms with van der Waals surface area (Å²) in [7, 11) is 1.95. The maximum atomic E-state index is 15.5. The van der Waals surface area contributed by atoms with Crippen LogP contribution in [0, 0.1) is 25.6 Å². The number of fused-ring (bicyclic) bond motifs is 4. The van der Waals surface area contributed by atoms with Gasteiger partial charge in [0, 0.05) is 72.1 Å². The number of nitro groups is 2. The summed E-state index contributed by atoms with van der Waals surface area (Å²) >= 11 is 1.73. The van der Waals surface area contributed by atoms with Crippen LogP contribution < -0.4 is 0 Å². The first-order chi connectivity index (χ1) is 22.2. The van der Waals surface area contributed by atoms with Gasteiger partial charge in [-0.2, -0.15) is 0 Å². The quantitative estimate of drug-likeness (QED) is 0.156. The fourth-order valence-electron chi connectivity index (χ4n) is 8.80. The summed E-state index contributed by atoms with van der Waals surface area (Å²) in [5, 5.41) is 24.7. The molecule has 2 spiro atoms. The van der Waals surface area contributed by atoms with Crippen LogP contribution in [-0.2, 0) is 10.3 Å². The Balaban J connectivity index is 1.41. The highest BCUT2D eigenvalue weighted by atomic mass is 32.2. The first kappa shape index (κ1) is 28.7. The Morgan fingerprint density at radius 3 is 2.20 bits per heavy atom. The third-order valence-electron chi connectivity index (χ3n) is 10.3. The first-order valence-corrected chi connectivity index (χ1v) is 16.2. The molecule has 10 nitrogen and oxygen atoms in total. The van der Waals surface area contributed by atoms with Gasteiger partial charge in [0.05, 0.1) is 15.3 Å². The van der Waals surface area contributed by atoms with Crippen molar-refractivity contribution in [3.8, 4) is 0 Å². The van der Waals surface area contributed by atoms with Crippen LogP contribution in [0.15, 0.2) is 90.5 Å². The molecule has 4 aromatic rings. The Morgan fingerprint density at radius 1 is 0.870 bits per heavy atom. The molecule has 3 fully saturated rings. The van der Waals surface area contributed by atoms with Gasteiger partial charge in [-0.25, -0.2) is 0 Å². The molecule has 0 radical (unpaired) electrons. The molecule has 3 aliphatic heterocycles.